The van der Waals surface area contributed by atoms with Crippen LogP contribution in [0.2, 0.25) is 0 Å². The van der Waals surface area contributed by atoms with Crippen molar-refractivity contribution in [2.45, 2.75) is 57.9 Å². The van der Waals surface area contributed by atoms with Gasteiger partial charge in [-0.1, -0.05) is 19.4 Å². The van der Waals surface area contributed by atoms with E-state index in [9.17, 15) is 0 Å². The molecule has 18 heavy (non-hydrogen) atoms. The van der Waals surface area contributed by atoms with Crippen molar-refractivity contribution in [3.8, 4) is 0 Å². The Hall–Kier alpha value is -0.600. The summed E-state index contributed by atoms with van der Waals surface area (Å²) in [5.41, 5.74) is 1.62. The molecule has 1 aromatic heterocycles. The van der Waals surface area contributed by atoms with E-state index in [1.165, 1.54) is 43.4 Å². The molecule has 0 saturated heterocycles. The Labute approximate surface area is 115 Å². The Kier molecular flexibility index (Phi) is 5.45. The lowest BCUT2D eigenvalue weighted by molar-refractivity contribution is 0.544. The highest BCUT2D eigenvalue weighted by molar-refractivity contribution is 7.12. The maximum absolute atomic E-state index is 3.90. The van der Waals surface area contributed by atoms with Gasteiger partial charge in [0.05, 0.1) is 0 Å². The summed E-state index contributed by atoms with van der Waals surface area (Å²) in [5.74, 6) is 0. The third-order valence-electron chi connectivity index (χ3n) is 3.65. The average Bonchev–Trinajstić information content (AvgIpc) is 2.66. The van der Waals surface area contributed by atoms with Crippen LogP contribution in [-0.2, 0) is 12.8 Å². The van der Waals surface area contributed by atoms with E-state index in [0.717, 1.165) is 13.0 Å². The second kappa shape index (κ2) is 7.10. The van der Waals surface area contributed by atoms with Crippen molar-refractivity contribution in [2.75, 3.05) is 6.54 Å². The zero-order valence-corrected chi connectivity index (χ0v) is 12.3. The van der Waals surface area contributed by atoms with Gasteiger partial charge in [-0.25, -0.2) is 0 Å². The van der Waals surface area contributed by atoms with Crippen LogP contribution in [-0.4, -0.2) is 6.54 Å². The molecular weight excluding hydrogens is 238 g/mol. The summed E-state index contributed by atoms with van der Waals surface area (Å²) in [6, 6.07) is 2.95. The van der Waals surface area contributed by atoms with E-state index < -0.39 is 0 Å². The van der Waals surface area contributed by atoms with Gasteiger partial charge in [-0.05, 0) is 56.7 Å². The van der Waals surface area contributed by atoms with Gasteiger partial charge in [0.1, 0.15) is 0 Å². The molecule has 1 aliphatic rings. The van der Waals surface area contributed by atoms with Gasteiger partial charge < -0.3 is 5.32 Å². The number of hydrogen-bond acceptors (Lipinski definition) is 2. The Morgan fingerprint density at radius 2 is 2.22 bits per heavy atom. The minimum atomic E-state index is 0.486. The van der Waals surface area contributed by atoms with Crippen LogP contribution < -0.4 is 5.32 Å². The predicted molar refractivity (Wildman–Crippen MR) is 81.4 cm³/mol. The van der Waals surface area contributed by atoms with Crippen LogP contribution in [0.15, 0.2) is 18.7 Å². The second-order valence-corrected chi connectivity index (χ2v) is 6.36. The number of thiophene rings is 1. The highest BCUT2D eigenvalue weighted by Gasteiger charge is 2.17. The Morgan fingerprint density at radius 3 is 3.00 bits per heavy atom. The highest BCUT2D eigenvalue weighted by atomic mass is 32.1. The third kappa shape index (κ3) is 3.46. The van der Waals surface area contributed by atoms with E-state index in [-0.39, 0.29) is 0 Å². The van der Waals surface area contributed by atoms with Crippen molar-refractivity contribution in [1.82, 2.24) is 5.32 Å². The fourth-order valence-corrected chi connectivity index (χ4v) is 3.99. The van der Waals surface area contributed by atoms with Crippen molar-refractivity contribution in [3.05, 3.63) is 34.0 Å². The van der Waals surface area contributed by atoms with Gasteiger partial charge in [0.15, 0.2) is 0 Å². The zero-order chi connectivity index (χ0) is 12.8. The first-order chi connectivity index (χ1) is 8.85. The smallest absolute Gasteiger partial charge is 0.0449 e. The molecule has 0 bridgehead atoms. The van der Waals surface area contributed by atoms with E-state index >= 15 is 0 Å². The number of fused-ring (bicyclic) bond motifs is 1. The molecule has 0 amide bonds. The van der Waals surface area contributed by atoms with Gasteiger partial charge in [-0.15, -0.1) is 17.9 Å². The average molecular weight is 263 g/mol. The van der Waals surface area contributed by atoms with Gasteiger partial charge in [-0.2, -0.15) is 0 Å². The molecule has 2 heteroatoms. The maximum atomic E-state index is 3.90. The summed E-state index contributed by atoms with van der Waals surface area (Å²) in [5, 5.41) is 3.65. The largest absolute Gasteiger partial charge is 0.309 e. The van der Waals surface area contributed by atoms with Gasteiger partial charge in [0.2, 0.25) is 0 Å². The van der Waals surface area contributed by atoms with Crippen LogP contribution in [0, 0.1) is 0 Å². The van der Waals surface area contributed by atoms with Gasteiger partial charge in [-0.3, -0.25) is 0 Å². The highest BCUT2D eigenvalue weighted by Crippen LogP contribution is 2.33. The van der Waals surface area contributed by atoms with Crippen LogP contribution in [0.1, 0.15) is 60.4 Å². The van der Waals surface area contributed by atoms with E-state index in [1.54, 1.807) is 10.4 Å². The molecule has 0 fully saturated rings. The number of nitrogens with one attached hydrogen (secondary N) is 1. The van der Waals surface area contributed by atoms with Crippen molar-refractivity contribution < 1.29 is 0 Å². The first-order valence-electron chi connectivity index (χ1n) is 7.31. The molecule has 2 rings (SSSR count). The minimum absolute atomic E-state index is 0.486. The summed E-state index contributed by atoms with van der Waals surface area (Å²) < 4.78 is 0. The minimum Gasteiger partial charge on any atom is -0.309 e. The van der Waals surface area contributed by atoms with Gasteiger partial charge in [0.25, 0.3) is 0 Å². The molecule has 1 heterocycles. The molecule has 0 spiro atoms. The molecule has 1 atom stereocenters. The molecular formula is C16H25NS. The predicted octanol–water partition coefficient (Wildman–Crippen LogP) is 4.63. The molecule has 0 aliphatic heterocycles. The second-order valence-electron chi connectivity index (χ2n) is 5.19. The summed E-state index contributed by atoms with van der Waals surface area (Å²) in [6.45, 7) is 7.22. The monoisotopic (exact) mass is 263 g/mol. The standard InChI is InChI=1S/C16H25NS/c1-3-8-14(17-11-4-2)16-12-13-9-6-5-7-10-15(13)18-16/h3,12,14,17H,1,4-11H2,2H3. The van der Waals surface area contributed by atoms with Crippen molar-refractivity contribution in [3.63, 3.8) is 0 Å². The van der Waals surface area contributed by atoms with Gasteiger partial charge >= 0.3 is 0 Å². The lowest BCUT2D eigenvalue weighted by atomic mass is 10.1. The Morgan fingerprint density at radius 1 is 1.39 bits per heavy atom. The van der Waals surface area contributed by atoms with Crippen molar-refractivity contribution in [2.24, 2.45) is 0 Å². The summed E-state index contributed by atoms with van der Waals surface area (Å²) in [4.78, 5) is 3.17. The van der Waals surface area contributed by atoms with Crippen LogP contribution in [0.25, 0.3) is 0 Å². The van der Waals surface area contributed by atoms with Crippen LogP contribution in [0.5, 0.6) is 0 Å². The van der Waals surface area contributed by atoms with E-state index in [4.69, 9.17) is 0 Å². The van der Waals surface area contributed by atoms with E-state index in [2.05, 4.69) is 24.9 Å². The van der Waals surface area contributed by atoms with Crippen LogP contribution in [0.3, 0.4) is 0 Å². The van der Waals surface area contributed by atoms with Gasteiger partial charge in [0, 0.05) is 15.8 Å². The molecule has 0 aromatic carbocycles. The molecule has 0 saturated carbocycles. The molecule has 1 N–H and O–H groups in total. The van der Waals surface area contributed by atoms with Crippen molar-refractivity contribution in [1.29, 1.82) is 0 Å². The summed E-state index contributed by atoms with van der Waals surface area (Å²) in [7, 11) is 0. The van der Waals surface area contributed by atoms with E-state index in [0.29, 0.717) is 6.04 Å². The number of aryl methyl sites for hydroxylation is 2. The number of hydrogen-bond donors (Lipinski definition) is 1. The van der Waals surface area contributed by atoms with Crippen LogP contribution in [0.4, 0.5) is 0 Å². The van der Waals surface area contributed by atoms with Crippen molar-refractivity contribution >= 4 is 11.3 Å². The zero-order valence-electron chi connectivity index (χ0n) is 11.5. The topological polar surface area (TPSA) is 12.0 Å². The molecule has 1 nitrogen and oxygen atoms in total. The lowest BCUT2D eigenvalue weighted by Crippen LogP contribution is -2.20. The first-order valence-corrected chi connectivity index (χ1v) is 8.12. The summed E-state index contributed by atoms with van der Waals surface area (Å²) in [6.07, 6.45) is 11.0. The molecule has 1 unspecified atom stereocenters. The fourth-order valence-electron chi connectivity index (χ4n) is 2.65. The molecule has 1 aliphatic carbocycles. The molecule has 0 radical (unpaired) electrons. The maximum Gasteiger partial charge on any atom is 0.0449 e. The number of rotatable bonds is 6. The molecule has 100 valence electrons. The fraction of sp³-hybridized carbons (Fsp3) is 0.625. The van der Waals surface area contributed by atoms with Crippen LogP contribution >= 0.6 is 11.3 Å². The normalized spacial score (nSPS) is 16.9. The van der Waals surface area contributed by atoms with E-state index in [1.807, 2.05) is 17.4 Å². The third-order valence-corrected chi connectivity index (χ3v) is 5.00. The lowest BCUT2D eigenvalue weighted by Gasteiger charge is -2.15. The summed E-state index contributed by atoms with van der Waals surface area (Å²) >= 11 is 2.04. The first kappa shape index (κ1) is 13.8. The Balaban J connectivity index is 2.12. The quantitative estimate of drug-likeness (QED) is 0.582. The Bertz CT molecular complexity index is 357. The SMILES string of the molecule is C=CCC(NCCC)c1cc2c(s1)CCCCC2. The molecule has 1 aromatic rings.